The normalized spacial score (nSPS) is 19.7. The maximum absolute atomic E-state index is 5.89. The molecule has 0 radical (unpaired) electrons. The van der Waals surface area contributed by atoms with Crippen molar-refractivity contribution in [1.82, 2.24) is 5.32 Å². The van der Waals surface area contributed by atoms with Crippen molar-refractivity contribution in [3.63, 3.8) is 0 Å². The average Bonchev–Trinajstić information content (AvgIpc) is 2.64. The van der Waals surface area contributed by atoms with Gasteiger partial charge in [-0.3, -0.25) is 4.99 Å². The highest BCUT2D eigenvalue weighted by Gasteiger charge is 2.10. The number of rotatable bonds is 3. The molecule has 0 unspecified atom stereocenters. The number of aliphatic imine (C=N–C) groups is 1. The molecule has 1 heterocycles. The molecule has 0 saturated heterocycles. The zero-order valence-corrected chi connectivity index (χ0v) is 9.52. The van der Waals surface area contributed by atoms with Crippen LogP contribution in [0.2, 0.25) is 0 Å². The van der Waals surface area contributed by atoms with Crippen LogP contribution in [0.15, 0.2) is 39.3 Å². The first-order chi connectivity index (χ1) is 6.69. The quantitative estimate of drug-likeness (QED) is 0.710. The summed E-state index contributed by atoms with van der Waals surface area (Å²) in [6.45, 7) is 6.09. The molecule has 0 spiro atoms. The molecule has 0 aromatic rings. The van der Waals surface area contributed by atoms with E-state index < -0.39 is 0 Å². The third-order valence-corrected chi connectivity index (χ3v) is 2.45. The van der Waals surface area contributed by atoms with E-state index in [1.165, 1.54) is 5.57 Å². The summed E-state index contributed by atoms with van der Waals surface area (Å²) in [5.41, 5.74) is 3.25. The Morgan fingerprint density at radius 2 is 2.36 bits per heavy atom. The van der Waals surface area contributed by atoms with Gasteiger partial charge in [-0.25, -0.2) is 0 Å². The van der Waals surface area contributed by atoms with Crippen LogP contribution in [0.4, 0.5) is 0 Å². The van der Waals surface area contributed by atoms with E-state index in [1.54, 1.807) is 6.21 Å². The van der Waals surface area contributed by atoms with Gasteiger partial charge < -0.3 is 5.32 Å². The lowest BCUT2D eigenvalue weighted by atomic mass is 10.1. The van der Waals surface area contributed by atoms with Gasteiger partial charge in [0.1, 0.15) is 5.16 Å². The Morgan fingerprint density at radius 1 is 1.64 bits per heavy atom. The molecule has 1 N–H and O–H groups in total. The number of allylic oxidation sites excluding steroid dienone is 3. The molecule has 0 amide bonds. The second kappa shape index (κ2) is 5.01. The van der Waals surface area contributed by atoms with Crippen LogP contribution < -0.4 is 5.32 Å². The summed E-state index contributed by atoms with van der Waals surface area (Å²) in [4.78, 5) is 4.29. The number of nitrogens with zero attached hydrogens (tertiary/aromatic N) is 1. The molecule has 0 aromatic heterocycles. The topological polar surface area (TPSA) is 24.4 Å². The Balaban J connectivity index is 2.83. The highest BCUT2D eigenvalue weighted by molar-refractivity contribution is 6.29. The fourth-order valence-corrected chi connectivity index (χ4v) is 1.25. The third kappa shape index (κ3) is 2.48. The molecule has 0 atom stereocenters. The van der Waals surface area contributed by atoms with E-state index in [0.717, 1.165) is 17.8 Å². The predicted octanol–water partition coefficient (Wildman–Crippen LogP) is 3.33. The van der Waals surface area contributed by atoms with Crippen molar-refractivity contribution < 1.29 is 0 Å². The Hall–Kier alpha value is -1.02. The second-order valence-corrected chi connectivity index (χ2v) is 3.51. The fourth-order valence-electron chi connectivity index (χ4n) is 1.14. The van der Waals surface area contributed by atoms with E-state index in [0.29, 0.717) is 5.16 Å². The number of halogens is 1. The van der Waals surface area contributed by atoms with Crippen molar-refractivity contribution in [1.29, 1.82) is 0 Å². The van der Waals surface area contributed by atoms with Crippen LogP contribution in [-0.4, -0.2) is 6.21 Å². The monoisotopic (exact) mass is 210 g/mol. The molecule has 2 nitrogen and oxygen atoms in total. The Bertz CT molecular complexity index is 335. The van der Waals surface area contributed by atoms with Crippen LogP contribution in [0.5, 0.6) is 0 Å². The van der Waals surface area contributed by atoms with Gasteiger partial charge in [-0.2, -0.15) is 0 Å². The highest BCUT2D eigenvalue weighted by Crippen LogP contribution is 2.21. The number of hydrogen-bond acceptors (Lipinski definition) is 2. The minimum atomic E-state index is 0.628. The SMILES string of the molecule is C/C=C(\Cl)NC1=CC=N/C1=C(/C)CC. The molecule has 1 rings (SSSR count). The molecule has 0 fully saturated rings. The number of hydrogen-bond donors (Lipinski definition) is 1. The largest absolute Gasteiger partial charge is 0.345 e. The van der Waals surface area contributed by atoms with Crippen molar-refractivity contribution in [2.75, 3.05) is 0 Å². The fraction of sp³-hybridized carbons (Fsp3) is 0.364. The smallest absolute Gasteiger partial charge is 0.102 e. The van der Waals surface area contributed by atoms with Crippen LogP contribution in [0.1, 0.15) is 27.2 Å². The molecular formula is C11H15ClN2. The summed E-state index contributed by atoms with van der Waals surface area (Å²) in [5, 5.41) is 3.73. The van der Waals surface area contributed by atoms with Crippen LogP contribution in [0.25, 0.3) is 0 Å². The van der Waals surface area contributed by atoms with E-state index in [-0.39, 0.29) is 0 Å². The summed E-state index contributed by atoms with van der Waals surface area (Å²) in [5.74, 6) is 0. The maximum Gasteiger partial charge on any atom is 0.102 e. The lowest BCUT2D eigenvalue weighted by Crippen LogP contribution is -2.09. The standard InChI is InChI=1S/C11H15ClN2/c1-4-8(3)11-9(6-7-13-11)14-10(12)5-2/h5-7,14H,4H2,1-3H3/b10-5+,11-8-. The minimum Gasteiger partial charge on any atom is -0.345 e. The average molecular weight is 211 g/mol. The molecule has 1 aliphatic rings. The third-order valence-electron chi connectivity index (χ3n) is 2.14. The lowest BCUT2D eigenvalue weighted by Gasteiger charge is -2.09. The van der Waals surface area contributed by atoms with E-state index in [2.05, 4.69) is 24.2 Å². The molecule has 3 heteroatoms. The first kappa shape index (κ1) is 11.1. The predicted molar refractivity (Wildman–Crippen MR) is 62.3 cm³/mol. The summed E-state index contributed by atoms with van der Waals surface area (Å²) in [7, 11) is 0. The van der Waals surface area contributed by atoms with Gasteiger partial charge in [0.15, 0.2) is 0 Å². The van der Waals surface area contributed by atoms with Crippen LogP contribution in [0.3, 0.4) is 0 Å². The minimum absolute atomic E-state index is 0.628. The summed E-state index contributed by atoms with van der Waals surface area (Å²) >= 11 is 5.89. The van der Waals surface area contributed by atoms with E-state index in [9.17, 15) is 0 Å². The molecule has 76 valence electrons. The lowest BCUT2D eigenvalue weighted by molar-refractivity contribution is 0.987. The van der Waals surface area contributed by atoms with Crippen LogP contribution in [-0.2, 0) is 0 Å². The first-order valence-corrected chi connectivity index (χ1v) is 5.10. The van der Waals surface area contributed by atoms with Crippen LogP contribution >= 0.6 is 11.6 Å². The van der Waals surface area contributed by atoms with Gasteiger partial charge in [-0.1, -0.05) is 24.6 Å². The first-order valence-electron chi connectivity index (χ1n) is 4.72. The molecule has 0 aromatic carbocycles. The summed E-state index contributed by atoms with van der Waals surface area (Å²) in [6, 6.07) is 0. The molecule has 14 heavy (non-hydrogen) atoms. The Morgan fingerprint density at radius 3 is 2.93 bits per heavy atom. The zero-order chi connectivity index (χ0) is 10.6. The van der Waals surface area contributed by atoms with E-state index >= 15 is 0 Å². The molecule has 0 bridgehead atoms. The van der Waals surface area contributed by atoms with Gasteiger partial charge in [-0.15, -0.1) is 0 Å². The van der Waals surface area contributed by atoms with E-state index in [1.807, 2.05) is 19.1 Å². The maximum atomic E-state index is 5.89. The van der Waals surface area contributed by atoms with Crippen LogP contribution in [0, 0.1) is 0 Å². The van der Waals surface area contributed by atoms with Gasteiger partial charge in [0.25, 0.3) is 0 Å². The van der Waals surface area contributed by atoms with E-state index in [4.69, 9.17) is 11.6 Å². The van der Waals surface area contributed by atoms with Gasteiger partial charge in [0.2, 0.25) is 0 Å². The molecule has 1 aliphatic heterocycles. The molecular weight excluding hydrogens is 196 g/mol. The Labute approximate surface area is 90.1 Å². The van der Waals surface area contributed by atoms with Gasteiger partial charge >= 0.3 is 0 Å². The number of nitrogens with one attached hydrogen (secondary N) is 1. The highest BCUT2D eigenvalue weighted by atomic mass is 35.5. The van der Waals surface area contributed by atoms with Gasteiger partial charge in [-0.05, 0) is 31.9 Å². The Kier molecular flexibility index (Phi) is 3.96. The van der Waals surface area contributed by atoms with Crippen molar-refractivity contribution in [3.8, 4) is 0 Å². The van der Waals surface area contributed by atoms with Crippen molar-refractivity contribution in [3.05, 3.63) is 34.3 Å². The van der Waals surface area contributed by atoms with Crippen molar-refractivity contribution in [2.45, 2.75) is 27.2 Å². The van der Waals surface area contributed by atoms with Gasteiger partial charge in [0, 0.05) is 6.21 Å². The molecule has 0 aliphatic carbocycles. The molecule has 0 saturated carbocycles. The second-order valence-electron chi connectivity index (χ2n) is 3.10. The van der Waals surface area contributed by atoms with Crippen molar-refractivity contribution >= 4 is 17.8 Å². The zero-order valence-electron chi connectivity index (χ0n) is 8.76. The summed E-state index contributed by atoms with van der Waals surface area (Å²) in [6.07, 6.45) is 6.54. The van der Waals surface area contributed by atoms with Crippen molar-refractivity contribution in [2.24, 2.45) is 4.99 Å². The van der Waals surface area contributed by atoms with Gasteiger partial charge in [0.05, 0.1) is 11.4 Å². The summed E-state index contributed by atoms with van der Waals surface area (Å²) < 4.78 is 0.